The zero-order valence-electron chi connectivity index (χ0n) is 14.7. The monoisotopic (exact) mass is 366 g/mol. The first-order valence-electron chi connectivity index (χ1n) is 7.99. The van der Waals surface area contributed by atoms with Gasteiger partial charge in [0.05, 0.1) is 36.1 Å². The molecule has 2 aromatic rings. The number of carbonyl (C=O) groups excluding carboxylic acids is 1. The van der Waals surface area contributed by atoms with Crippen LogP contribution in [-0.4, -0.2) is 51.8 Å². The van der Waals surface area contributed by atoms with Crippen LogP contribution in [0.5, 0.6) is 0 Å². The first kappa shape index (κ1) is 17.6. The third-order valence-electron chi connectivity index (χ3n) is 4.59. The summed E-state index contributed by atoms with van der Waals surface area (Å²) in [5.74, 6) is -0.153. The number of hydrogen-bond donors (Lipinski definition) is 1. The van der Waals surface area contributed by atoms with Gasteiger partial charge < -0.3 is 5.32 Å². The van der Waals surface area contributed by atoms with Crippen LogP contribution in [0.1, 0.15) is 29.5 Å². The van der Waals surface area contributed by atoms with E-state index in [4.69, 9.17) is 0 Å². The Balaban J connectivity index is 1.99. The van der Waals surface area contributed by atoms with E-state index in [1.54, 1.807) is 49.6 Å². The van der Waals surface area contributed by atoms with E-state index in [-0.39, 0.29) is 36.4 Å². The lowest BCUT2D eigenvalue weighted by Crippen LogP contribution is -2.42. The quantitative estimate of drug-likeness (QED) is 0.828. The van der Waals surface area contributed by atoms with Gasteiger partial charge in [0.1, 0.15) is 4.90 Å². The van der Waals surface area contributed by atoms with Crippen molar-refractivity contribution in [3.8, 4) is 0 Å². The van der Waals surface area contributed by atoms with E-state index >= 15 is 0 Å². The van der Waals surface area contributed by atoms with Crippen LogP contribution < -0.4 is 5.32 Å². The number of nitrogens with one attached hydrogen (secondary N) is 1. The van der Waals surface area contributed by atoms with Crippen molar-refractivity contribution in [1.29, 1.82) is 0 Å². The van der Waals surface area contributed by atoms with Crippen LogP contribution in [0.15, 0.2) is 17.2 Å². The normalized spacial score (nSPS) is 18.2. The fraction of sp³-hybridized carbons (Fsp3) is 0.533. The van der Waals surface area contributed by atoms with Crippen LogP contribution in [0.4, 0.5) is 0 Å². The zero-order valence-corrected chi connectivity index (χ0v) is 15.5. The van der Waals surface area contributed by atoms with Gasteiger partial charge in [-0.3, -0.25) is 14.2 Å². The number of amides is 1. The largest absolute Gasteiger partial charge is 0.359 e. The van der Waals surface area contributed by atoms with Gasteiger partial charge in [-0.2, -0.15) is 14.5 Å². The lowest BCUT2D eigenvalue weighted by molar-refractivity contribution is -0.121. The second kappa shape index (κ2) is 6.26. The summed E-state index contributed by atoms with van der Waals surface area (Å²) < 4.78 is 31.2. The van der Waals surface area contributed by atoms with Gasteiger partial charge in [0.2, 0.25) is 15.9 Å². The maximum atomic E-state index is 13.2. The molecule has 1 aliphatic heterocycles. The van der Waals surface area contributed by atoms with Crippen molar-refractivity contribution in [1.82, 2.24) is 29.2 Å². The van der Waals surface area contributed by atoms with Gasteiger partial charge in [-0.25, -0.2) is 8.42 Å². The number of nitrogens with zero attached hydrogens (tertiary/aromatic N) is 5. The summed E-state index contributed by atoms with van der Waals surface area (Å²) in [6.45, 7) is 3.84. The van der Waals surface area contributed by atoms with E-state index in [9.17, 15) is 13.2 Å². The van der Waals surface area contributed by atoms with E-state index in [0.717, 1.165) is 5.69 Å². The first-order valence-corrected chi connectivity index (χ1v) is 9.43. The van der Waals surface area contributed by atoms with Crippen LogP contribution in [0.25, 0.3) is 0 Å². The molecule has 0 unspecified atom stereocenters. The minimum atomic E-state index is -3.72. The second-order valence-corrected chi connectivity index (χ2v) is 8.09. The molecule has 25 heavy (non-hydrogen) atoms. The highest BCUT2D eigenvalue weighted by molar-refractivity contribution is 7.89. The number of hydrogen-bond acceptors (Lipinski definition) is 5. The zero-order chi connectivity index (χ0) is 18.4. The lowest BCUT2D eigenvalue weighted by atomic mass is 10.1. The molecule has 0 aliphatic carbocycles. The third-order valence-corrected chi connectivity index (χ3v) is 6.66. The Bertz CT molecular complexity index is 914. The fourth-order valence-corrected chi connectivity index (χ4v) is 5.11. The van der Waals surface area contributed by atoms with Crippen molar-refractivity contribution in [3.63, 3.8) is 0 Å². The molecule has 1 atom stereocenters. The van der Waals surface area contributed by atoms with Crippen LogP contribution in [0, 0.1) is 13.8 Å². The van der Waals surface area contributed by atoms with Crippen molar-refractivity contribution in [2.45, 2.75) is 37.8 Å². The molecule has 3 rings (SSSR count). The molecule has 0 fully saturated rings. The standard InChI is InChI=1S/C15H22N6O3S/c1-10-15(11(2)19(4)18-10)25(23,24)20-8-12-5-6-17-21(12)13(9-20)7-14(22)16-3/h5-6,13H,7-9H2,1-4H3,(H,16,22)/t13-/m1/s1. The molecule has 136 valence electrons. The summed E-state index contributed by atoms with van der Waals surface area (Å²) in [7, 11) is -0.437. The molecule has 0 saturated carbocycles. The molecule has 0 bridgehead atoms. The third kappa shape index (κ3) is 2.95. The molecular formula is C15H22N6O3S. The number of fused-ring (bicyclic) bond motifs is 1. The first-order chi connectivity index (χ1) is 11.8. The average Bonchev–Trinajstić information content (AvgIpc) is 3.12. The van der Waals surface area contributed by atoms with E-state index in [2.05, 4.69) is 15.5 Å². The van der Waals surface area contributed by atoms with E-state index in [0.29, 0.717) is 11.4 Å². The van der Waals surface area contributed by atoms with Gasteiger partial charge >= 0.3 is 0 Å². The van der Waals surface area contributed by atoms with Crippen molar-refractivity contribution in [2.24, 2.45) is 7.05 Å². The van der Waals surface area contributed by atoms with Crippen LogP contribution >= 0.6 is 0 Å². The average molecular weight is 366 g/mol. The lowest BCUT2D eigenvalue weighted by Gasteiger charge is -2.32. The van der Waals surface area contributed by atoms with Crippen LogP contribution in [0.2, 0.25) is 0 Å². The Labute approximate surface area is 146 Å². The molecule has 3 heterocycles. The Morgan fingerprint density at radius 1 is 1.40 bits per heavy atom. The smallest absolute Gasteiger partial charge is 0.247 e. The van der Waals surface area contributed by atoms with Crippen molar-refractivity contribution in [2.75, 3.05) is 13.6 Å². The molecule has 1 aliphatic rings. The van der Waals surface area contributed by atoms with Gasteiger partial charge in [-0.15, -0.1) is 0 Å². The number of aromatic nitrogens is 4. The Morgan fingerprint density at radius 2 is 2.12 bits per heavy atom. The predicted molar refractivity (Wildman–Crippen MR) is 90.2 cm³/mol. The summed E-state index contributed by atoms with van der Waals surface area (Å²) in [5, 5.41) is 11.0. The van der Waals surface area contributed by atoms with Gasteiger partial charge in [0.15, 0.2) is 0 Å². The maximum absolute atomic E-state index is 13.2. The molecular weight excluding hydrogens is 344 g/mol. The topological polar surface area (TPSA) is 102 Å². The summed E-state index contributed by atoms with van der Waals surface area (Å²) >= 11 is 0. The van der Waals surface area contributed by atoms with E-state index in [1.165, 1.54) is 4.31 Å². The highest BCUT2D eigenvalue weighted by atomic mass is 32.2. The molecule has 1 amide bonds. The van der Waals surface area contributed by atoms with Gasteiger partial charge in [0, 0.05) is 26.8 Å². The molecule has 0 radical (unpaired) electrons. The summed E-state index contributed by atoms with van der Waals surface area (Å²) in [6.07, 6.45) is 1.80. The molecule has 2 aromatic heterocycles. The Morgan fingerprint density at radius 3 is 2.72 bits per heavy atom. The second-order valence-electron chi connectivity index (χ2n) is 6.22. The molecule has 0 aromatic carbocycles. The van der Waals surface area contributed by atoms with Gasteiger partial charge in [0.25, 0.3) is 0 Å². The summed E-state index contributed by atoms with van der Waals surface area (Å²) in [5.41, 5.74) is 1.84. The Kier molecular flexibility index (Phi) is 4.41. The van der Waals surface area contributed by atoms with Gasteiger partial charge in [-0.05, 0) is 19.9 Å². The maximum Gasteiger partial charge on any atom is 0.247 e. The SMILES string of the molecule is CNC(=O)C[C@@H]1CN(S(=O)(=O)c2c(C)nn(C)c2C)Cc2ccnn21. The molecule has 1 N–H and O–H groups in total. The van der Waals surface area contributed by atoms with Crippen LogP contribution in [-0.2, 0) is 28.4 Å². The van der Waals surface area contributed by atoms with Crippen molar-refractivity contribution < 1.29 is 13.2 Å². The number of carbonyl (C=O) groups is 1. The van der Waals surface area contributed by atoms with E-state index < -0.39 is 10.0 Å². The number of rotatable bonds is 4. The highest BCUT2D eigenvalue weighted by Gasteiger charge is 2.37. The summed E-state index contributed by atoms with van der Waals surface area (Å²) in [4.78, 5) is 12.1. The number of sulfonamides is 1. The fourth-order valence-electron chi connectivity index (χ4n) is 3.26. The van der Waals surface area contributed by atoms with E-state index in [1.807, 2.05) is 0 Å². The van der Waals surface area contributed by atoms with Crippen molar-refractivity contribution in [3.05, 3.63) is 29.3 Å². The van der Waals surface area contributed by atoms with Crippen LogP contribution in [0.3, 0.4) is 0 Å². The molecule has 9 nitrogen and oxygen atoms in total. The molecule has 10 heteroatoms. The van der Waals surface area contributed by atoms with Gasteiger partial charge in [-0.1, -0.05) is 0 Å². The minimum absolute atomic E-state index is 0.153. The number of aryl methyl sites for hydroxylation is 2. The molecule has 0 saturated heterocycles. The molecule has 0 spiro atoms. The highest BCUT2D eigenvalue weighted by Crippen LogP contribution is 2.30. The predicted octanol–water partition coefficient (Wildman–Crippen LogP) is 0.115. The Hall–Kier alpha value is -2.20. The summed E-state index contributed by atoms with van der Waals surface area (Å²) in [6, 6.07) is 1.44. The minimum Gasteiger partial charge on any atom is -0.359 e. The van der Waals surface area contributed by atoms with Crippen molar-refractivity contribution >= 4 is 15.9 Å².